The van der Waals surface area contributed by atoms with Crippen LogP contribution >= 0.6 is 0 Å². The molecule has 0 unspecified atom stereocenters. The van der Waals surface area contributed by atoms with Crippen LogP contribution < -0.4 is 10.6 Å². The van der Waals surface area contributed by atoms with Crippen LogP contribution in [0.2, 0.25) is 0 Å². The fourth-order valence-corrected chi connectivity index (χ4v) is 1.85. The Labute approximate surface area is 114 Å². The predicted molar refractivity (Wildman–Crippen MR) is 79.8 cm³/mol. The fourth-order valence-electron chi connectivity index (χ4n) is 1.85. The molecule has 0 spiro atoms. The Balaban J connectivity index is 2.02. The first-order valence-corrected chi connectivity index (χ1v) is 6.53. The van der Waals surface area contributed by atoms with Gasteiger partial charge in [0.25, 0.3) is 0 Å². The maximum absolute atomic E-state index is 4.33. The lowest BCUT2D eigenvalue weighted by molar-refractivity contribution is 0.644. The van der Waals surface area contributed by atoms with Crippen molar-refractivity contribution in [2.24, 2.45) is 5.92 Å². The molecule has 0 fully saturated rings. The van der Waals surface area contributed by atoms with E-state index in [1.54, 1.807) is 0 Å². The molecule has 1 aromatic carbocycles. The highest BCUT2D eigenvalue weighted by Crippen LogP contribution is 2.16. The van der Waals surface area contributed by atoms with Crippen molar-refractivity contribution in [3.8, 4) is 0 Å². The largest absolute Gasteiger partial charge is 0.388 e. The Hall–Kier alpha value is -2.10. The molecule has 0 atom stereocenters. The molecule has 0 saturated heterocycles. The molecule has 4 heteroatoms. The highest BCUT2D eigenvalue weighted by Gasteiger charge is 2.01. The second kappa shape index (κ2) is 6.18. The van der Waals surface area contributed by atoms with Crippen LogP contribution in [0.25, 0.3) is 0 Å². The van der Waals surface area contributed by atoms with E-state index in [9.17, 15) is 0 Å². The molecular formula is C15H20N4. The summed E-state index contributed by atoms with van der Waals surface area (Å²) in [7, 11) is 1.90. The first-order chi connectivity index (χ1) is 9.17. The molecule has 1 aromatic heterocycles. The van der Waals surface area contributed by atoms with Gasteiger partial charge in [-0.25, -0.2) is 9.97 Å². The summed E-state index contributed by atoms with van der Waals surface area (Å²) in [6.07, 6.45) is 4.78. The first kappa shape index (κ1) is 13.3. The fraction of sp³-hybridized carbons (Fsp3) is 0.333. The van der Waals surface area contributed by atoms with Gasteiger partial charge in [0.15, 0.2) is 0 Å². The number of anilines is 3. The van der Waals surface area contributed by atoms with Crippen molar-refractivity contribution < 1.29 is 0 Å². The van der Waals surface area contributed by atoms with Gasteiger partial charge in [0.05, 0.1) is 0 Å². The monoisotopic (exact) mass is 256 g/mol. The molecule has 1 heterocycles. The van der Waals surface area contributed by atoms with Gasteiger partial charge in [0.1, 0.15) is 0 Å². The molecule has 0 bridgehead atoms. The van der Waals surface area contributed by atoms with E-state index in [4.69, 9.17) is 0 Å². The van der Waals surface area contributed by atoms with Crippen molar-refractivity contribution >= 4 is 17.3 Å². The number of hydrogen-bond acceptors (Lipinski definition) is 4. The van der Waals surface area contributed by atoms with E-state index >= 15 is 0 Å². The maximum Gasteiger partial charge on any atom is 0.227 e. The van der Waals surface area contributed by atoms with Crippen LogP contribution in [0.5, 0.6) is 0 Å². The van der Waals surface area contributed by atoms with Crippen LogP contribution in [0.15, 0.2) is 36.7 Å². The van der Waals surface area contributed by atoms with Gasteiger partial charge in [-0.05, 0) is 42.2 Å². The lowest BCUT2D eigenvalue weighted by Gasteiger charge is -2.07. The summed E-state index contributed by atoms with van der Waals surface area (Å²) >= 11 is 0. The molecule has 2 aromatic rings. The first-order valence-electron chi connectivity index (χ1n) is 6.53. The average molecular weight is 256 g/mol. The van der Waals surface area contributed by atoms with E-state index in [0.29, 0.717) is 11.9 Å². The number of aromatic nitrogens is 2. The summed E-state index contributed by atoms with van der Waals surface area (Å²) < 4.78 is 0. The molecule has 2 rings (SSSR count). The van der Waals surface area contributed by atoms with Crippen LogP contribution in [0.3, 0.4) is 0 Å². The Morgan fingerprint density at radius 2 is 1.58 bits per heavy atom. The zero-order chi connectivity index (χ0) is 13.7. The molecule has 0 aliphatic carbocycles. The van der Waals surface area contributed by atoms with Gasteiger partial charge >= 0.3 is 0 Å². The third-order valence-electron chi connectivity index (χ3n) is 2.78. The Bertz CT molecular complexity index is 503. The SMILES string of the molecule is CNc1ccc(Nc2ncc(CC(C)C)cn2)cc1. The summed E-state index contributed by atoms with van der Waals surface area (Å²) in [5.74, 6) is 1.25. The van der Waals surface area contributed by atoms with E-state index < -0.39 is 0 Å². The van der Waals surface area contributed by atoms with Gasteiger partial charge in [-0.2, -0.15) is 0 Å². The van der Waals surface area contributed by atoms with Crippen molar-refractivity contribution in [2.45, 2.75) is 20.3 Å². The average Bonchev–Trinajstić information content (AvgIpc) is 2.41. The minimum absolute atomic E-state index is 0.622. The molecule has 0 aliphatic rings. The zero-order valence-electron chi connectivity index (χ0n) is 11.6. The number of nitrogens with zero attached hydrogens (tertiary/aromatic N) is 2. The van der Waals surface area contributed by atoms with Gasteiger partial charge in [0, 0.05) is 30.8 Å². The third kappa shape index (κ3) is 3.95. The second-order valence-electron chi connectivity index (χ2n) is 4.97. The lowest BCUT2D eigenvalue weighted by Crippen LogP contribution is -2.00. The van der Waals surface area contributed by atoms with E-state index in [-0.39, 0.29) is 0 Å². The Morgan fingerprint density at radius 1 is 1.00 bits per heavy atom. The number of hydrogen-bond donors (Lipinski definition) is 2. The number of rotatable bonds is 5. The zero-order valence-corrected chi connectivity index (χ0v) is 11.6. The minimum atomic E-state index is 0.622. The lowest BCUT2D eigenvalue weighted by atomic mass is 10.1. The van der Waals surface area contributed by atoms with Crippen LogP contribution in [-0.2, 0) is 6.42 Å². The van der Waals surface area contributed by atoms with Crippen molar-refractivity contribution in [1.29, 1.82) is 0 Å². The number of benzene rings is 1. The van der Waals surface area contributed by atoms with E-state index in [1.165, 1.54) is 5.56 Å². The van der Waals surface area contributed by atoms with E-state index in [1.807, 2.05) is 43.7 Å². The van der Waals surface area contributed by atoms with Crippen molar-refractivity contribution in [2.75, 3.05) is 17.7 Å². The standard InChI is InChI=1S/C15H20N4/c1-11(2)8-12-9-17-15(18-10-12)19-14-6-4-13(16-3)5-7-14/h4-7,9-11,16H,8H2,1-3H3,(H,17,18,19). The smallest absolute Gasteiger partial charge is 0.227 e. The van der Waals surface area contributed by atoms with Crippen LogP contribution in [-0.4, -0.2) is 17.0 Å². The van der Waals surface area contributed by atoms with Crippen LogP contribution in [0, 0.1) is 5.92 Å². The van der Waals surface area contributed by atoms with E-state index in [0.717, 1.165) is 17.8 Å². The maximum atomic E-state index is 4.33. The van der Waals surface area contributed by atoms with E-state index in [2.05, 4.69) is 34.4 Å². The quantitative estimate of drug-likeness (QED) is 0.860. The molecule has 4 nitrogen and oxygen atoms in total. The van der Waals surface area contributed by atoms with Gasteiger partial charge < -0.3 is 10.6 Å². The van der Waals surface area contributed by atoms with Crippen molar-refractivity contribution in [1.82, 2.24) is 9.97 Å². The molecular weight excluding hydrogens is 236 g/mol. The molecule has 0 radical (unpaired) electrons. The summed E-state index contributed by atoms with van der Waals surface area (Å²) in [5, 5.41) is 6.27. The molecule has 19 heavy (non-hydrogen) atoms. The van der Waals surface area contributed by atoms with Gasteiger partial charge in [-0.15, -0.1) is 0 Å². The van der Waals surface area contributed by atoms with Gasteiger partial charge in [0.2, 0.25) is 5.95 Å². The number of nitrogens with one attached hydrogen (secondary N) is 2. The normalized spacial score (nSPS) is 10.5. The summed E-state index contributed by atoms with van der Waals surface area (Å²) in [4.78, 5) is 8.66. The molecule has 2 N–H and O–H groups in total. The van der Waals surface area contributed by atoms with Crippen LogP contribution in [0.1, 0.15) is 19.4 Å². The second-order valence-corrected chi connectivity index (χ2v) is 4.97. The predicted octanol–water partition coefficient (Wildman–Crippen LogP) is 3.46. The van der Waals surface area contributed by atoms with Gasteiger partial charge in [-0.1, -0.05) is 13.8 Å². The summed E-state index contributed by atoms with van der Waals surface area (Å²) in [5.41, 5.74) is 3.24. The topological polar surface area (TPSA) is 49.8 Å². The summed E-state index contributed by atoms with van der Waals surface area (Å²) in [6.45, 7) is 4.38. The summed E-state index contributed by atoms with van der Waals surface area (Å²) in [6, 6.07) is 8.01. The Kier molecular flexibility index (Phi) is 4.34. The third-order valence-corrected chi connectivity index (χ3v) is 2.78. The molecule has 0 saturated carbocycles. The highest BCUT2D eigenvalue weighted by molar-refractivity contribution is 5.58. The van der Waals surface area contributed by atoms with Gasteiger partial charge in [-0.3, -0.25) is 0 Å². The molecule has 100 valence electrons. The van der Waals surface area contributed by atoms with Crippen molar-refractivity contribution in [3.63, 3.8) is 0 Å². The highest BCUT2D eigenvalue weighted by atomic mass is 15.1. The van der Waals surface area contributed by atoms with Crippen molar-refractivity contribution in [3.05, 3.63) is 42.2 Å². The minimum Gasteiger partial charge on any atom is -0.388 e. The molecule has 0 amide bonds. The molecule has 0 aliphatic heterocycles. The Morgan fingerprint density at radius 3 is 2.11 bits per heavy atom. The van der Waals surface area contributed by atoms with Crippen LogP contribution in [0.4, 0.5) is 17.3 Å².